The smallest absolute Gasteiger partial charge is 0.152 e. The normalized spacial score (nSPS) is 11.0. The van der Waals surface area contributed by atoms with E-state index in [9.17, 15) is 4.39 Å². The van der Waals surface area contributed by atoms with Crippen LogP contribution in [-0.4, -0.2) is 15.0 Å². The van der Waals surface area contributed by atoms with Gasteiger partial charge in [0.2, 0.25) is 0 Å². The number of nitrogens with one attached hydrogen (secondary N) is 1. The third-order valence-electron chi connectivity index (χ3n) is 2.84. The van der Waals surface area contributed by atoms with Gasteiger partial charge in [0.05, 0.1) is 22.8 Å². The van der Waals surface area contributed by atoms with Crippen molar-refractivity contribution in [3.8, 4) is 11.4 Å². The van der Waals surface area contributed by atoms with Crippen LogP contribution in [0.15, 0.2) is 36.7 Å². The van der Waals surface area contributed by atoms with Crippen molar-refractivity contribution in [3.05, 3.63) is 48.0 Å². The molecule has 3 aromatic rings. The van der Waals surface area contributed by atoms with Gasteiger partial charge in [0.15, 0.2) is 5.82 Å². The fourth-order valence-corrected chi connectivity index (χ4v) is 1.95. The molecule has 0 saturated carbocycles. The van der Waals surface area contributed by atoms with Crippen molar-refractivity contribution in [2.75, 3.05) is 0 Å². The van der Waals surface area contributed by atoms with Crippen molar-refractivity contribution in [2.24, 2.45) is 5.73 Å². The molecule has 0 radical (unpaired) electrons. The topological polar surface area (TPSA) is 67.6 Å². The van der Waals surface area contributed by atoms with Crippen LogP contribution in [0.1, 0.15) is 5.56 Å². The van der Waals surface area contributed by atoms with E-state index < -0.39 is 5.82 Å². The molecule has 2 aromatic heterocycles. The molecular formula is C13H11FN4. The average molecular weight is 242 g/mol. The molecule has 0 unspecified atom stereocenters. The highest BCUT2D eigenvalue weighted by molar-refractivity contribution is 5.82. The lowest BCUT2D eigenvalue weighted by atomic mass is 10.2. The number of aromatic amines is 1. The summed E-state index contributed by atoms with van der Waals surface area (Å²) in [7, 11) is 0. The Hall–Kier alpha value is -2.27. The van der Waals surface area contributed by atoms with Crippen LogP contribution in [-0.2, 0) is 6.54 Å². The summed E-state index contributed by atoms with van der Waals surface area (Å²) in [6, 6.07) is 7.30. The SMILES string of the molecule is NCc1cccc2[nH]c(-c3ccncc3F)nc12. The quantitative estimate of drug-likeness (QED) is 0.724. The van der Waals surface area contributed by atoms with Gasteiger partial charge in [0.25, 0.3) is 0 Å². The van der Waals surface area contributed by atoms with E-state index in [1.54, 1.807) is 6.07 Å². The van der Waals surface area contributed by atoms with E-state index in [0.29, 0.717) is 17.9 Å². The van der Waals surface area contributed by atoms with Crippen LogP contribution < -0.4 is 5.73 Å². The van der Waals surface area contributed by atoms with Crippen LogP contribution in [0.5, 0.6) is 0 Å². The minimum absolute atomic E-state index is 0.397. The number of nitrogens with zero attached hydrogens (tertiary/aromatic N) is 2. The van der Waals surface area contributed by atoms with Gasteiger partial charge in [-0.05, 0) is 17.7 Å². The zero-order valence-electron chi connectivity index (χ0n) is 9.52. The van der Waals surface area contributed by atoms with E-state index in [2.05, 4.69) is 15.0 Å². The highest BCUT2D eigenvalue weighted by Crippen LogP contribution is 2.23. The molecule has 0 saturated heterocycles. The summed E-state index contributed by atoms with van der Waals surface area (Å²) in [5, 5.41) is 0. The number of aromatic nitrogens is 3. The fourth-order valence-electron chi connectivity index (χ4n) is 1.95. The summed E-state index contributed by atoms with van der Waals surface area (Å²) < 4.78 is 13.6. The molecule has 4 nitrogen and oxygen atoms in total. The maximum atomic E-state index is 13.6. The first-order valence-electron chi connectivity index (χ1n) is 5.57. The van der Waals surface area contributed by atoms with E-state index in [1.807, 2.05) is 18.2 Å². The number of imidazole rings is 1. The van der Waals surface area contributed by atoms with Crippen molar-refractivity contribution in [2.45, 2.75) is 6.54 Å². The molecule has 0 atom stereocenters. The largest absolute Gasteiger partial charge is 0.338 e. The maximum absolute atomic E-state index is 13.6. The van der Waals surface area contributed by atoms with Gasteiger partial charge in [-0.25, -0.2) is 9.37 Å². The lowest BCUT2D eigenvalue weighted by Gasteiger charge is -1.96. The standard InChI is InChI=1S/C13H11FN4/c14-10-7-16-5-4-9(10)13-17-11-3-1-2-8(6-15)12(11)18-13/h1-5,7H,6,15H2,(H,17,18). The van der Waals surface area contributed by atoms with Gasteiger partial charge < -0.3 is 10.7 Å². The summed E-state index contributed by atoms with van der Waals surface area (Å²) in [4.78, 5) is 11.2. The second-order valence-electron chi connectivity index (χ2n) is 3.96. The zero-order chi connectivity index (χ0) is 12.5. The average Bonchev–Trinajstić information content (AvgIpc) is 2.82. The molecule has 0 aliphatic rings. The van der Waals surface area contributed by atoms with E-state index in [-0.39, 0.29) is 0 Å². The van der Waals surface area contributed by atoms with Crippen LogP contribution in [0, 0.1) is 5.82 Å². The van der Waals surface area contributed by atoms with Crippen molar-refractivity contribution in [3.63, 3.8) is 0 Å². The van der Waals surface area contributed by atoms with Crippen molar-refractivity contribution >= 4 is 11.0 Å². The van der Waals surface area contributed by atoms with Crippen LogP contribution in [0.25, 0.3) is 22.4 Å². The monoisotopic (exact) mass is 242 g/mol. The summed E-state index contributed by atoms with van der Waals surface area (Å²) in [5.41, 5.74) is 8.63. The van der Waals surface area contributed by atoms with Crippen LogP contribution in [0.2, 0.25) is 0 Å². The van der Waals surface area contributed by atoms with Gasteiger partial charge in [0.1, 0.15) is 5.82 Å². The predicted octanol–water partition coefficient (Wildman–Crippen LogP) is 2.22. The number of hydrogen-bond donors (Lipinski definition) is 2. The maximum Gasteiger partial charge on any atom is 0.152 e. The molecule has 1 aromatic carbocycles. The Balaban J connectivity index is 2.23. The molecule has 0 bridgehead atoms. The second-order valence-corrected chi connectivity index (χ2v) is 3.96. The summed E-state index contributed by atoms with van der Waals surface area (Å²) in [6.45, 7) is 0.403. The second kappa shape index (κ2) is 4.19. The first-order valence-corrected chi connectivity index (χ1v) is 5.57. The number of fused-ring (bicyclic) bond motifs is 1. The van der Waals surface area contributed by atoms with Gasteiger partial charge >= 0.3 is 0 Å². The molecule has 18 heavy (non-hydrogen) atoms. The Bertz CT molecular complexity index is 705. The Morgan fingerprint density at radius 1 is 1.28 bits per heavy atom. The Labute approximate surface area is 103 Å². The van der Waals surface area contributed by atoms with Gasteiger partial charge in [-0.15, -0.1) is 0 Å². The number of pyridine rings is 1. The van der Waals surface area contributed by atoms with E-state index >= 15 is 0 Å². The van der Waals surface area contributed by atoms with Crippen molar-refractivity contribution < 1.29 is 4.39 Å². The summed E-state index contributed by atoms with van der Waals surface area (Å²) in [5.74, 6) is 0.0941. The lowest BCUT2D eigenvalue weighted by molar-refractivity contribution is 0.624. The first-order chi connectivity index (χ1) is 8.79. The Morgan fingerprint density at radius 3 is 2.94 bits per heavy atom. The first kappa shape index (κ1) is 10.9. The molecule has 0 aliphatic heterocycles. The van der Waals surface area contributed by atoms with E-state index in [0.717, 1.165) is 16.6 Å². The predicted molar refractivity (Wildman–Crippen MR) is 67.2 cm³/mol. The molecule has 0 aliphatic carbocycles. The van der Waals surface area contributed by atoms with Crippen LogP contribution in [0.4, 0.5) is 4.39 Å². The molecule has 0 fully saturated rings. The van der Waals surface area contributed by atoms with Crippen molar-refractivity contribution in [1.82, 2.24) is 15.0 Å². The van der Waals surface area contributed by atoms with Crippen molar-refractivity contribution in [1.29, 1.82) is 0 Å². The number of para-hydroxylation sites is 1. The lowest BCUT2D eigenvalue weighted by Crippen LogP contribution is -1.96. The Kier molecular flexibility index (Phi) is 2.53. The van der Waals surface area contributed by atoms with Gasteiger partial charge in [-0.1, -0.05) is 12.1 Å². The number of H-pyrrole nitrogens is 1. The zero-order valence-corrected chi connectivity index (χ0v) is 9.52. The molecule has 3 N–H and O–H groups in total. The molecule has 90 valence electrons. The number of benzene rings is 1. The summed E-state index contributed by atoms with van der Waals surface area (Å²) >= 11 is 0. The van der Waals surface area contributed by atoms with Gasteiger partial charge in [0, 0.05) is 12.7 Å². The molecule has 0 amide bonds. The molecular weight excluding hydrogens is 231 g/mol. The third kappa shape index (κ3) is 1.65. The van der Waals surface area contributed by atoms with E-state index in [4.69, 9.17) is 5.73 Å². The third-order valence-corrected chi connectivity index (χ3v) is 2.84. The van der Waals surface area contributed by atoms with Gasteiger partial charge in [-0.3, -0.25) is 4.98 Å². The minimum Gasteiger partial charge on any atom is -0.338 e. The number of hydrogen-bond acceptors (Lipinski definition) is 3. The molecule has 2 heterocycles. The van der Waals surface area contributed by atoms with E-state index in [1.165, 1.54) is 12.4 Å². The molecule has 0 spiro atoms. The highest BCUT2D eigenvalue weighted by atomic mass is 19.1. The number of nitrogens with two attached hydrogens (primary N) is 1. The molecule has 5 heteroatoms. The van der Waals surface area contributed by atoms with Gasteiger partial charge in [-0.2, -0.15) is 0 Å². The molecule has 3 rings (SSSR count). The highest BCUT2D eigenvalue weighted by Gasteiger charge is 2.11. The Morgan fingerprint density at radius 2 is 2.17 bits per heavy atom. The number of halogens is 1. The minimum atomic E-state index is -0.397. The van der Waals surface area contributed by atoms with Crippen LogP contribution in [0.3, 0.4) is 0 Å². The van der Waals surface area contributed by atoms with Crippen LogP contribution >= 0.6 is 0 Å². The summed E-state index contributed by atoms with van der Waals surface area (Å²) in [6.07, 6.45) is 2.71. The fraction of sp³-hybridized carbons (Fsp3) is 0.0769. The number of rotatable bonds is 2.